The van der Waals surface area contributed by atoms with Gasteiger partial charge in [-0.15, -0.1) is 0 Å². The van der Waals surface area contributed by atoms with Crippen molar-refractivity contribution in [2.24, 2.45) is 0 Å². The van der Waals surface area contributed by atoms with Crippen molar-refractivity contribution in [2.75, 3.05) is 37.0 Å². The number of rotatable bonds is 13. The molecule has 10 heteroatoms. The number of aromatic amines is 1. The zero-order chi connectivity index (χ0) is 25.3. The Morgan fingerprint density at radius 1 is 1.06 bits per heavy atom. The lowest BCUT2D eigenvalue weighted by atomic mass is 10.1. The van der Waals surface area contributed by atoms with Gasteiger partial charge in [-0.2, -0.15) is 20.1 Å². The second-order valence-electron chi connectivity index (χ2n) is 8.40. The quantitative estimate of drug-likeness (QED) is 0.262. The molecule has 0 amide bonds. The Morgan fingerprint density at radius 2 is 1.89 bits per heavy atom. The van der Waals surface area contributed by atoms with Crippen molar-refractivity contribution in [3.8, 4) is 23.2 Å². The predicted octanol–water partition coefficient (Wildman–Crippen LogP) is 5.16. The molecule has 36 heavy (non-hydrogen) atoms. The summed E-state index contributed by atoms with van der Waals surface area (Å²) in [6.07, 6.45) is 4.27. The maximum absolute atomic E-state index is 5.99. The third-order valence-electron chi connectivity index (χ3n) is 5.57. The zero-order valence-corrected chi connectivity index (χ0v) is 21.2. The molecule has 0 fully saturated rings. The summed E-state index contributed by atoms with van der Waals surface area (Å²) in [6.45, 7) is 8.39. The average Bonchev–Trinajstić information content (AvgIpc) is 3.57. The maximum Gasteiger partial charge on any atom is 0.323 e. The lowest BCUT2D eigenvalue weighted by Gasteiger charge is -2.22. The van der Waals surface area contributed by atoms with Crippen LogP contribution in [0.2, 0.25) is 0 Å². The molecule has 0 aliphatic rings. The summed E-state index contributed by atoms with van der Waals surface area (Å²) in [6, 6.07) is 11.9. The number of aromatic nitrogens is 5. The third-order valence-corrected chi connectivity index (χ3v) is 5.57. The number of nitrogens with zero attached hydrogens (tertiary/aromatic N) is 5. The van der Waals surface area contributed by atoms with E-state index in [9.17, 15) is 0 Å². The second-order valence-corrected chi connectivity index (χ2v) is 8.40. The van der Waals surface area contributed by atoms with Crippen LogP contribution in [0.3, 0.4) is 0 Å². The molecule has 3 aromatic heterocycles. The number of ether oxygens (including phenoxy) is 2. The van der Waals surface area contributed by atoms with Crippen LogP contribution in [-0.4, -0.2) is 52.0 Å². The summed E-state index contributed by atoms with van der Waals surface area (Å²) in [5.74, 6) is 3.06. The van der Waals surface area contributed by atoms with E-state index >= 15 is 0 Å². The van der Waals surface area contributed by atoms with E-state index in [0.717, 1.165) is 48.5 Å². The van der Waals surface area contributed by atoms with Gasteiger partial charge in [-0.3, -0.25) is 5.10 Å². The first-order chi connectivity index (χ1) is 17.6. The number of H-pyrrole nitrogens is 1. The van der Waals surface area contributed by atoms with Gasteiger partial charge in [-0.25, -0.2) is 0 Å². The molecule has 4 rings (SSSR count). The number of hydrogen-bond acceptors (Lipinski definition) is 9. The molecule has 1 aromatic carbocycles. The first-order valence-corrected chi connectivity index (χ1v) is 12.2. The van der Waals surface area contributed by atoms with E-state index in [4.69, 9.17) is 13.9 Å². The van der Waals surface area contributed by atoms with Crippen LogP contribution in [0.4, 0.5) is 17.7 Å². The second kappa shape index (κ2) is 12.1. The van der Waals surface area contributed by atoms with Crippen LogP contribution in [0, 0.1) is 6.92 Å². The van der Waals surface area contributed by atoms with Crippen molar-refractivity contribution >= 4 is 17.7 Å². The number of anilines is 3. The Labute approximate surface area is 211 Å². The summed E-state index contributed by atoms with van der Waals surface area (Å²) < 4.78 is 16.9. The smallest absolute Gasteiger partial charge is 0.323 e. The molecule has 0 unspecified atom stereocenters. The SMILES string of the molecule is CCCN(CCC)c1nc(Nc2cc(-c3ccco3)[nH]n2)nc(OCCc2ccc(C)c(OC)c2)n1. The summed E-state index contributed by atoms with van der Waals surface area (Å²) in [7, 11) is 1.68. The lowest BCUT2D eigenvalue weighted by Crippen LogP contribution is -2.27. The summed E-state index contributed by atoms with van der Waals surface area (Å²) >= 11 is 0. The molecule has 10 nitrogen and oxygen atoms in total. The lowest BCUT2D eigenvalue weighted by molar-refractivity contribution is 0.295. The molecular formula is C26H33N7O3. The van der Waals surface area contributed by atoms with E-state index in [0.29, 0.717) is 36.5 Å². The fourth-order valence-corrected chi connectivity index (χ4v) is 3.80. The molecule has 0 spiro atoms. The van der Waals surface area contributed by atoms with Gasteiger partial charge in [0.2, 0.25) is 11.9 Å². The summed E-state index contributed by atoms with van der Waals surface area (Å²) in [4.78, 5) is 15.9. The number of hydrogen-bond donors (Lipinski definition) is 2. The molecule has 2 N–H and O–H groups in total. The Kier molecular flexibility index (Phi) is 8.38. The van der Waals surface area contributed by atoms with E-state index in [1.807, 2.05) is 37.3 Å². The van der Waals surface area contributed by atoms with Crippen molar-refractivity contribution < 1.29 is 13.9 Å². The largest absolute Gasteiger partial charge is 0.496 e. The van der Waals surface area contributed by atoms with Gasteiger partial charge in [0.1, 0.15) is 11.4 Å². The minimum absolute atomic E-state index is 0.264. The van der Waals surface area contributed by atoms with Crippen molar-refractivity contribution in [3.63, 3.8) is 0 Å². The Morgan fingerprint density at radius 3 is 2.61 bits per heavy atom. The van der Waals surface area contributed by atoms with Gasteiger partial charge in [0, 0.05) is 25.6 Å². The molecule has 0 aliphatic carbocycles. The Bertz CT molecular complexity index is 1230. The average molecular weight is 492 g/mol. The highest BCUT2D eigenvalue weighted by atomic mass is 16.5. The first-order valence-electron chi connectivity index (χ1n) is 12.2. The minimum Gasteiger partial charge on any atom is -0.496 e. The van der Waals surface area contributed by atoms with Crippen LogP contribution in [0.1, 0.15) is 37.8 Å². The van der Waals surface area contributed by atoms with E-state index < -0.39 is 0 Å². The van der Waals surface area contributed by atoms with E-state index in [2.05, 4.69) is 55.3 Å². The number of aryl methyl sites for hydroxylation is 1. The standard InChI is InChI=1S/C26H33N7O3/c1-5-12-33(13-6-2)25-28-24(27-23-17-20(31-32-23)21-8-7-14-35-21)29-26(30-25)36-15-11-19-10-9-18(3)22(16-19)34-4/h7-10,14,16-17H,5-6,11-13,15H2,1-4H3,(H2,27,28,29,30,31,32). The van der Waals surface area contributed by atoms with Crippen molar-refractivity contribution in [1.82, 2.24) is 25.1 Å². The molecule has 190 valence electrons. The van der Waals surface area contributed by atoms with Crippen LogP contribution < -0.4 is 19.7 Å². The fraction of sp³-hybridized carbons (Fsp3) is 0.385. The van der Waals surface area contributed by atoms with Gasteiger partial charge in [0.15, 0.2) is 11.6 Å². The highest BCUT2D eigenvalue weighted by molar-refractivity contribution is 5.60. The molecule has 0 bridgehead atoms. The molecule has 3 heterocycles. The zero-order valence-electron chi connectivity index (χ0n) is 21.2. The van der Waals surface area contributed by atoms with Crippen LogP contribution in [0.5, 0.6) is 11.8 Å². The molecule has 4 aromatic rings. The Hall–Kier alpha value is -4.08. The molecule has 0 saturated carbocycles. The van der Waals surface area contributed by atoms with Crippen molar-refractivity contribution in [3.05, 3.63) is 53.8 Å². The topological polar surface area (TPSA) is 114 Å². The van der Waals surface area contributed by atoms with Gasteiger partial charge in [0.05, 0.1) is 20.0 Å². The normalized spacial score (nSPS) is 10.9. The molecule has 0 atom stereocenters. The minimum atomic E-state index is 0.264. The molecule has 0 aliphatic heterocycles. The summed E-state index contributed by atoms with van der Waals surface area (Å²) in [5, 5.41) is 10.4. The maximum atomic E-state index is 5.99. The van der Waals surface area contributed by atoms with E-state index in [1.165, 1.54) is 0 Å². The molecule has 0 saturated heterocycles. The van der Waals surface area contributed by atoms with Gasteiger partial charge >= 0.3 is 6.01 Å². The number of furan rings is 1. The number of benzene rings is 1. The highest BCUT2D eigenvalue weighted by Crippen LogP contribution is 2.24. The molecular weight excluding hydrogens is 458 g/mol. The van der Waals surface area contributed by atoms with Crippen LogP contribution >= 0.6 is 0 Å². The summed E-state index contributed by atoms with van der Waals surface area (Å²) in [5.41, 5.74) is 2.96. The van der Waals surface area contributed by atoms with Crippen LogP contribution in [-0.2, 0) is 6.42 Å². The van der Waals surface area contributed by atoms with Gasteiger partial charge < -0.3 is 24.1 Å². The fourth-order valence-electron chi connectivity index (χ4n) is 3.80. The van der Waals surface area contributed by atoms with Gasteiger partial charge in [-0.1, -0.05) is 26.0 Å². The number of nitrogens with one attached hydrogen (secondary N) is 2. The third kappa shape index (κ3) is 6.32. The highest BCUT2D eigenvalue weighted by Gasteiger charge is 2.15. The monoisotopic (exact) mass is 491 g/mol. The Balaban J connectivity index is 1.52. The first kappa shape index (κ1) is 25.0. The number of methoxy groups -OCH3 is 1. The van der Waals surface area contributed by atoms with Crippen molar-refractivity contribution in [1.29, 1.82) is 0 Å². The predicted molar refractivity (Wildman–Crippen MR) is 139 cm³/mol. The van der Waals surface area contributed by atoms with Crippen LogP contribution in [0.15, 0.2) is 47.1 Å². The van der Waals surface area contributed by atoms with Crippen LogP contribution in [0.25, 0.3) is 11.5 Å². The van der Waals surface area contributed by atoms with Gasteiger partial charge in [0.25, 0.3) is 0 Å². The molecule has 0 radical (unpaired) electrons. The van der Waals surface area contributed by atoms with E-state index in [1.54, 1.807) is 13.4 Å². The van der Waals surface area contributed by atoms with E-state index in [-0.39, 0.29) is 6.01 Å². The van der Waals surface area contributed by atoms with Crippen molar-refractivity contribution in [2.45, 2.75) is 40.0 Å². The van der Waals surface area contributed by atoms with Gasteiger partial charge in [-0.05, 0) is 49.1 Å².